The van der Waals surface area contributed by atoms with E-state index in [4.69, 9.17) is 33.4 Å². The first-order valence-corrected chi connectivity index (χ1v) is 14.4. The second-order valence-electron chi connectivity index (χ2n) is 9.25. The van der Waals surface area contributed by atoms with Crippen molar-refractivity contribution >= 4 is 16.5 Å². The van der Waals surface area contributed by atoms with Crippen molar-refractivity contribution in [2.24, 2.45) is 0 Å². The Balaban J connectivity index is 1.22. The summed E-state index contributed by atoms with van der Waals surface area (Å²) in [6.45, 7) is 4.35. The van der Waals surface area contributed by atoms with Crippen molar-refractivity contribution < 1.29 is 28.4 Å². The van der Waals surface area contributed by atoms with Crippen molar-refractivity contribution in [3.63, 3.8) is 0 Å². The molecule has 0 N–H and O–H groups in total. The molecule has 0 unspecified atom stereocenters. The third kappa shape index (κ3) is 10.1. The molecule has 4 rings (SSSR count). The summed E-state index contributed by atoms with van der Waals surface area (Å²) in [5.74, 6) is 2.50. The summed E-state index contributed by atoms with van der Waals surface area (Å²) in [5.41, 5.74) is 4.25. The van der Waals surface area contributed by atoms with Crippen LogP contribution in [0.2, 0.25) is 0 Å². The summed E-state index contributed by atoms with van der Waals surface area (Å²) in [5, 5.41) is 2.98. The van der Waals surface area contributed by atoms with Gasteiger partial charge in [0, 0.05) is 18.5 Å². The van der Waals surface area contributed by atoms with Crippen molar-refractivity contribution in [2.45, 2.75) is 26.3 Å². The zero-order chi connectivity index (χ0) is 28.7. The van der Waals surface area contributed by atoms with Crippen molar-refractivity contribution in [3.8, 4) is 17.2 Å². The molecule has 0 saturated carbocycles. The maximum Gasteiger partial charge on any atom is 0.186 e. The molecule has 1 heterocycles. The molecule has 3 aromatic carbocycles. The van der Waals surface area contributed by atoms with E-state index in [9.17, 15) is 0 Å². The van der Waals surface area contributed by atoms with E-state index >= 15 is 0 Å². The molecule has 41 heavy (non-hydrogen) atoms. The van der Waals surface area contributed by atoms with Crippen molar-refractivity contribution in [2.75, 3.05) is 52.7 Å². The smallest absolute Gasteiger partial charge is 0.186 e. The fraction of sp³-hybridized carbons (Fsp3) is 0.344. The number of ether oxygens (including phenoxy) is 6. The van der Waals surface area contributed by atoms with Crippen LogP contribution in [0.5, 0.6) is 17.2 Å². The van der Waals surface area contributed by atoms with Crippen LogP contribution in [-0.4, -0.2) is 52.7 Å². The fourth-order valence-electron chi connectivity index (χ4n) is 4.15. The van der Waals surface area contributed by atoms with Crippen LogP contribution in [0.3, 0.4) is 0 Å². The fourth-order valence-corrected chi connectivity index (χ4v) is 4.96. The van der Waals surface area contributed by atoms with E-state index < -0.39 is 0 Å². The summed E-state index contributed by atoms with van der Waals surface area (Å²) < 4.78 is 33.2. The molecule has 8 nitrogen and oxygen atoms in total. The van der Waals surface area contributed by atoms with Gasteiger partial charge in [-0.2, -0.15) is 0 Å². The molecule has 0 aliphatic carbocycles. The van der Waals surface area contributed by atoms with Gasteiger partial charge in [-0.15, -0.1) is 11.3 Å². The molecule has 0 amide bonds. The molecule has 1 aromatic heterocycles. The Hall–Kier alpha value is -3.63. The number of nitrogens with zero attached hydrogens (tertiary/aromatic N) is 2. The van der Waals surface area contributed by atoms with Gasteiger partial charge in [0.05, 0.1) is 66.7 Å². The van der Waals surface area contributed by atoms with Gasteiger partial charge < -0.3 is 33.3 Å². The minimum absolute atomic E-state index is 0.429. The van der Waals surface area contributed by atoms with E-state index in [1.807, 2.05) is 53.9 Å². The molecule has 0 aliphatic heterocycles. The van der Waals surface area contributed by atoms with Crippen molar-refractivity contribution in [3.05, 3.63) is 101 Å². The van der Waals surface area contributed by atoms with Gasteiger partial charge in [-0.3, -0.25) is 0 Å². The molecule has 0 aliphatic rings. The predicted octanol–water partition coefficient (Wildman–Crippen LogP) is 6.13. The van der Waals surface area contributed by atoms with Gasteiger partial charge in [-0.1, -0.05) is 36.4 Å². The molecule has 9 heteroatoms. The summed E-state index contributed by atoms with van der Waals surface area (Å²) >= 11 is 1.61. The topological polar surface area (TPSA) is 71.5 Å². The van der Waals surface area contributed by atoms with E-state index in [1.54, 1.807) is 32.7 Å². The van der Waals surface area contributed by atoms with Crippen LogP contribution in [0.4, 0.5) is 5.13 Å². The number of anilines is 1. The molecule has 218 valence electrons. The highest BCUT2D eigenvalue weighted by molar-refractivity contribution is 7.13. The van der Waals surface area contributed by atoms with Crippen LogP contribution in [-0.2, 0) is 40.5 Å². The SMILES string of the molecule is COc1cccc(COCCOCCOCc2csc(N(Cc3cccc(OC)c3)Cc3cccc(OC)c3)n2)c1. The van der Waals surface area contributed by atoms with Crippen molar-refractivity contribution in [1.82, 2.24) is 4.98 Å². The summed E-state index contributed by atoms with van der Waals surface area (Å²) in [6, 6.07) is 24.1. The molecule has 0 atom stereocenters. The predicted molar refractivity (Wildman–Crippen MR) is 161 cm³/mol. The Bertz CT molecular complexity index is 1280. The molecule has 0 spiro atoms. The Labute approximate surface area is 246 Å². The molecular weight excluding hydrogens is 540 g/mol. The molecule has 0 saturated heterocycles. The monoisotopic (exact) mass is 578 g/mol. The van der Waals surface area contributed by atoms with E-state index in [-0.39, 0.29) is 0 Å². The lowest BCUT2D eigenvalue weighted by Gasteiger charge is -2.22. The Morgan fingerprint density at radius 3 is 1.66 bits per heavy atom. The number of benzene rings is 3. The Kier molecular flexibility index (Phi) is 12.3. The largest absolute Gasteiger partial charge is 0.497 e. The van der Waals surface area contributed by atoms with E-state index in [0.717, 1.165) is 44.8 Å². The zero-order valence-corrected chi connectivity index (χ0v) is 24.7. The van der Waals surface area contributed by atoms with E-state index in [0.29, 0.717) is 52.7 Å². The second kappa shape index (κ2) is 16.6. The lowest BCUT2D eigenvalue weighted by atomic mass is 10.1. The highest BCUT2D eigenvalue weighted by atomic mass is 32.1. The number of hydrogen-bond acceptors (Lipinski definition) is 9. The standard InChI is InChI=1S/C32H38N2O6S/c1-35-29-10-4-7-25(17-29)20-34(21-26-8-5-11-30(18-26)36-2)32-33-28(24-41-32)23-40-16-14-38-13-15-39-22-27-9-6-12-31(19-27)37-3/h4-12,17-19,24H,13-16,20-23H2,1-3H3. The van der Waals surface area contributed by atoms with Crippen LogP contribution >= 0.6 is 11.3 Å². The quantitative estimate of drug-likeness (QED) is 0.131. The lowest BCUT2D eigenvalue weighted by molar-refractivity contribution is 0.00659. The first-order chi connectivity index (χ1) is 20.2. The van der Waals surface area contributed by atoms with Gasteiger partial charge in [0.1, 0.15) is 17.2 Å². The highest BCUT2D eigenvalue weighted by Crippen LogP contribution is 2.27. The lowest BCUT2D eigenvalue weighted by Crippen LogP contribution is -2.22. The van der Waals surface area contributed by atoms with Crippen LogP contribution in [0.15, 0.2) is 78.2 Å². The number of methoxy groups -OCH3 is 3. The Morgan fingerprint density at radius 2 is 1.10 bits per heavy atom. The van der Waals surface area contributed by atoms with Crippen LogP contribution < -0.4 is 19.1 Å². The maximum absolute atomic E-state index is 5.82. The van der Waals surface area contributed by atoms with Gasteiger partial charge in [-0.05, 0) is 53.1 Å². The van der Waals surface area contributed by atoms with E-state index in [1.165, 1.54) is 0 Å². The second-order valence-corrected chi connectivity index (χ2v) is 10.1. The summed E-state index contributed by atoms with van der Waals surface area (Å²) in [6.07, 6.45) is 0. The normalized spacial score (nSPS) is 10.9. The average molecular weight is 579 g/mol. The summed E-state index contributed by atoms with van der Waals surface area (Å²) in [7, 11) is 5.03. The average Bonchev–Trinajstić information content (AvgIpc) is 3.49. The minimum atomic E-state index is 0.429. The summed E-state index contributed by atoms with van der Waals surface area (Å²) in [4.78, 5) is 7.13. The molecule has 0 bridgehead atoms. The number of hydrogen-bond donors (Lipinski definition) is 0. The number of thiazole rings is 1. The van der Waals surface area contributed by atoms with Crippen LogP contribution in [0.25, 0.3) is 0 Å². The molecular formula is C32H38N2O6S. The third-order valence-electron chi connectivity index (χ3n) is 6.22. The minimum Gasteiger partial charge on any atom is -0.497 e. The maximum atomic E-state index is 5.82. The first kappa shape index (κ1) is 30.3. The molecule has 4 aromatic rings. The van der Waals surface area contributed by atoms with Gasteiger partial charge >= 0.3 is 0 Å². The van der Waals surface area contributed by atoms with Gasteiger partial charge in [0.25, 0.3) is 0 Å². The van der Waals surface area contributed by atoms with Gasteiger partial charge in [0.15, 0.2) is 5.13 Å². The van der Waals surface area contributed by atoms with E-state index in [2.05, 4.69) is 29.2 Å². The van der Waals surface area contributed by atoms with Gasteiger partial charge in [0.2, 0.25) is 0 Å². The molecule has 0 fully saturated rings. The van der Waals surface area contributed by atoms with Gasteiger partial charge in [-0.25, -0.2) is 4.98 Å². The number of aromatic nitrogens is 1. The highest BCUT2D eigenvalue weighted by Gasteiger charge is 2.14. The third-order valence-corrected chi connectivity index (χ3v) is 7.17. The zero-order valence-electron chi connectivity index (χ0n) is 23.9. The van der Waals surface area contributed by atoms with Crippen molar-refractivity contribution in [1.29, 1.82) is 0 Å². The van der Waals surface area contributed by atoms with Crippen LogP contribution in [0.1, 0.15) is 22.4 Å². The first-order valence-electron chi connectivity index (χ1n) is 13.5. The molecule has 0 radical (unpaired) electrons. The Morgan fingerprint density at radius 1 is 0.610 bits per heavy atom. The van der Waals surface area contributed by atoms with Crippen LogP contribution in [0, 0.1) is 0 Å². The number of rotatable bonds is 18.